The fourth-order valence-electron chi connectivity index (χ4n) is 4.62. The first kappa shape index (κ1) is 24.4. The van der Waals surface area contributed by atoms with E-state index in [2.05, 4.69) is 91.4 Å². The van der Waals surface area contributed by atoms with Crippen LogP contribution in [-0.2, 0) is 35.2 Å². The van der Waals surface area contributed by atoms with Gasteiger partial charge in [-0.15, -0.1) is 0 Å². The van der Waals surface area contributed by atoms with Gasteiger partial charge in [-0.25, -0.2) is 0 Å². The first-order valence-corrected chi connectivity index (χ1v) is 13.5. The second-order valence-electron chi connectivity index (χ2n) is 11.7. The van der Waals surface area contributed by atoms with Gasteiger partial charge in [-0.2, -0.15) is 11.8 Å². The number of thioether (sulfide) groups is 1. The summed E-state index contributed by atoms with van der Waals surface area (Å²) in [6, 6.07) is 10.00. The zero-order valence-electron chi connectivity index (χ0n) is 21.4. The van der Waals surface area contributed by atoms with Gasteiger partial charge in [0.05, 0.1) is 0 Å². The Morgan fingerprint density at radius 3 is 1.26 bits per heavy atom. The Morgan fingerprint density at radius 1 is 0.548 bits per heavy atom. The van der Waals surface area contributed by atoms with E-state index in [4.69, 9.17) is 0 Å². The molecular formula is C30H44S. The number of rotatable bonds is 0. The molecule has 2 aromatic carbocycles. The molecule has 0 nitrogen and oxygen atoms in total. The van der Waals surface area contributed by atoms with Crippen molar-refractivity contribution in [2.75, 3.05) is 0 Å². The quantitative estimate of drug-likeness (QED) is 0.397. The molecule has 2 aromatic rings. The fraction of sp³-hybridized carbons (Fsp3) is 0.600. The smallest absolute Gasteiger partial charge is 0.0190 e. The lowest BCUT2D eigenvalue weighted by Crippen LogP contribution is -2.13. The Hall–Kier alpha value is -1.21. The van der Waals surface area contributed by atoms with Crippen molar-refractivity contribution in [3.63, 3.8) is 0 Å². The van der Waals surface area contributed by atoms with Crippen LogP contribution < -0.4 is 0 Å². The van der Waals surface area contributed by atoms with Gasteiger partial charge in [0, 0.05) is 11.5 Å². The number of hydrogen-bond acceptors (Lipinski definition) is 1. The number of fused-ring (bicyclic) bond motifs is 4. The number of aryl methyl sites for hydroxylation is 2. The molecule has 3 rings (SSSR count). The van der Waals surface area contributed by atoms with E-state index in [1.807, 2.05) is 0 Å². The average molecular weight is 437 g/mol. The predicted octanol–water partition coefficient (Wildman–Crippen LogP) is 8.99. The van der Waals surface area contributed by atoms with E-state index in [1.54, 1.807) is 22.3 Å². The molecule has 0 N–H and O–H groups in total. The molecule has 0 radical (unpaired) electrons. The zero-order chi connectivity index (χ0) is 22.8. The summed E-state index contributed by atoms with van der Waals surface area (Å²) in [5.74, 6) is 2.22. The number of hydrogen-bond donors (Lipinski definition) is 0. The summed E-state index contributed by atoms with van der Waals surface area (Å²) >= 11 is 2.10. The normalized spacial score (nSPS) is 16.5. The van der Waals surface area contributed by atoms with Crippen LogP contribution in [0.15, 0.2) is 24.3 Å². The van der Waals surface area contributed by atoms with Gasteiger partial charge < -0.3 is 0 Å². The van der Waals surface area contributed by atoms with E-state index in [-0.39, 0.29) is 10.8 Å². The molecule has 0 unspecified atom stereocenters. The molecule has 1 aliphatic heterocycles. The van der Waals surface area contributed by atoms with E-state index >= 15 is 0 Å². The monoisotopic (exact) mass is 436 g/mol. The van der Waals surface area contributed by atoms with Crippen molar-refractivity contribution in [3.05, 3.63) is 68.8 Å². The Labute approximate surface area is 196 Å². The molecule has 0 fully saturated rings. The predicted molar refractivity (Wildman–Crippen MR) is 141 cm³/mol. The second-order valence-corrected chi connectivity index (χ2v) is 12.7. The van der Waals surface area contributed by atoms with Crippen LogP contribution in [0.2, 0.25) is 0 Å². The zero-order valence-corrected chi connectivity index (χ0v) is 22.2. The van der Waals surface area contributed by atoms with E-state index in [0.717, 1.165) is 11.5 Å². The molecule has 170 valence electrons. The second kappa shape index (κ2) is 9.74. The fourth-order valence-corrected chi connectivity index (χ4v) is 5.76. The minimum absolute atomic E-state index is 0.206. The standard InChI is InChI=1S/C30H44S/c1-21-23-13-11-9-10-12-14-24-16-28(30(6,7)8)18-26(22(24)2)20-31-19-25(21)17-27(15-23)29(3,4)5/h15-18H,9-14,19-20H2,1-8H3. The van der Waals surface area contributed by atoms with Crippen molar-refractivity contribution >= 4 is 11.8 Å². The average Bonchev–Trinajstić information content (AvgIpc) is 2.66. The van der Waals surface area contributed by atoms with Crippen LogP contribution in [0.3, 0.4) is 0 Å². The number of benzene rings is 2. The molecule has 0 amide bonds. The summed E-state index contributed by atoms with van der Waals surface area (Å²) in [6.07, 6.45) is 7.77. The third-order valence-corrected chi connectivity index (χ3v) is 8.17. The van der Waals surface area contributed by atoms with Gasteiger partial charge in [0.15, 0.2) is 0 Å². The van der Waals surface area contributed by atoms with Crippen molar-refractivity contribution in [2.24, 2.45) is 0 Å². The van der Waals surface area contributed by atoms with Crippen LogP contribution >= 0.6 is 11.8 Å². The summed E-state index contributed by atoms with van der Waals surface area (Å²) in [6.45, 7) is 18.8. The Bertz CT molecular complexity index is 830. The van der Waals surface area contributed by atoms with E-state index in [0.29, 0.717) is 0 Å². The maximum absolute atomic E-state index is 2.50. The molecule has 0 aromatic heterocycles. The van der Waals surface area contributed by atoms with Gasteiger partial charge in [-0.1, -0.05) is 78.6 Å². The van der Waals surface area contributed by atoms with Gasteiger partial charge in [-0.3, -0.25) is 0 Å². The highest BCUT2D eigenvalue weighted by Gasteiger charge is 2.19. The van der Waals surface area contributed by atoms with Crippen molar-refractivity contribution in [2.45, 2.75) is 116 Å². The van der Waals surface area contributed by atoms with Crippen molar-refractivity contribution in [3.8, 4) is 0 Å². The largest absolute Gasteiger partial charge is 0.152 e. The van der Waals surface area contributed by atoms with Gasteiger partial charge >= 0.3 is 0 Å². The molecule has 0 spiro atoms. The van der Waals surface area contributed by atoms with Crippen LogP contribution in [0.1, 0.15) is 112 Å². The lowest BCUT2D eigenvalue weighted by molar-refractivity contribution is 0.585. The molecule has 31 heavy (non-hydrogen) atoms. The van der Waals surface area contributed by atoms with Gasteiger partial charge in [-0.05, 0) is 94.9 Å². The van der Waals surface area contributed by atoms with E-state index in [1.165, 1.54) is 60.8 Å². The van der Waals surface area contributed by atoms with Crippen molar-refractivity contribution < 1.29 is 0 Å². The summed E-state index contributed by atoms with van der Waals surface area (Å²) in [7, 11) is 0. The van der Waals surface area contributed by atoms with E-state index < -0.39 is 0 Å². The van der Waals surface area contributed by atoms with Crippen LogP contribution in [0, 0.1) is 13.8 Å². The first-order valence-electron chi connectivity index (χ1n) is 12.3. The molecular weight excluding hydrogens is 392 g/mol. The van der Waals surface area contributed by atoms with Gasteiger partial charge in [0.25, 0.3) is 0 Å². The third kappa shape index (κ3) is 6.19. The molecule has 1 heterocycles. The molecule has 4 bridgehead atoms. The highest BCUT2D eigenvalue weighted by atomic mass is 32.2. The van der Waals surface area contributed by atoms with Crippen LogP contribution in [-0.4, -0.2) is 0 Å². The molecule has 0 aliphatic carbocycles. The lowest BCUT2D eigenvalue weighted by Gasteiger charge is -2.24. The minimum Gasteiger partial charge on any atom is -0.152 e. The molecule has 0 saturated heterocycles. The highest BCUT2D eigenvalue weighted by molar-refractivity contribution is 7.97. The summed E-state index contributed by atoms with van der Waals surface area (Å²) in [5.41, 5.74) is 12.8. The maximum atomic E-state index is 2.50. The van der Waals surface area contributed by atoms with Crippen molar-refractivity contribution in [1.29, 1.82) is 0 Å². The minimum atomic E-state index is 0.206. The summed E-state index contributed by atoms with van der Waals surface area (Å²) in [5, 5.41) is 0. The summed E-state index contributed by atoms with van der Waals surface area (Å²) in [4.78, 5) is 0. The van der Waals surface area contributed by atoms with Gasteiger partial charge in [0.2, 0.25) is 0 Å². The summed E-state index contributed by atoms with van der Waals surface area (Å²) < 4.78 is 0. The van der Waals surface area contributed by atoms with Gasteiger partial charge in [0.1, 0.15) is 0 Å². The Balaban J connectivity index is 1.98. The highest BCUT2D eigenvalue weighted by Crippen LogP contribution is 2.33. The molecule has 0 atom stereocenters. The third-order valence-electron chi connectivity index (χ3n) is 7.14. The SMILES string of the molecule is Cc1c2cc(C(C)(C)C)cc1CSCc1cc(C(C)(C)C)cc(c1C)CCCCCC2. The first-order chi connectivity index (χ1) is 14.5. The molecule has 1 heteroatoms. The maximum Gasteiger partial charge on any atom is 0.0190 e. The lowest BCUT2D eigenvalue weighted by atomic mass is 9.82. The Morgan fingerprint density at radius 2 is 0.903 bits per heavy atom. The van der Waals surface area contributed by atoms with Crippen LogP contribution in [0.5, 0.6) is 0 Å². The van der Waals surface area contributed by atoms with Crippen LogP contribution in [0.25, 0.3) is 0 Å². The molecule has 0 saturated carbocycles. The van der Waals surface area contributed by atoms with Crippen LogP contribution in [0.4, 0.5) is 0 Å². The molecule has 1 aliphatic rings. The van der Waals surface area contributed by atoms with Crippen molar-refractivity contribution in [1.82, 2.24) is 0 Å². The topological polar surface area (TPSA) is 0 Å². The van der Waals surface area contributed by atoms with E-state index in [9.17, 15) is 0 Å². The Kier molecular flexibility index (Phi) is 7.67.